The molecule has 0 saturated heterocycles. The first kappa shape index (κ1) is 18.7. The van der Waals surface area contributed by atoms with Crippen molar-refractivity contribution in [3.05, 3.63) is 65.2 Å². The topological polar surface area (TPSA) is 41.1 Å². The Morgan fingerprint density at radius 1 is 1.14 bits per heavy atom. The van der Waals surface area contributed by atoms with E-state index < -0.39 is 0 Å². The van der Waals surface area contributed by atoms with E-state index in [9.17, 15) is 4.79 Å². The molecule has 0 spiro atoms. The van der Waals surface area contributed by atoms with Gasteiger partial charge in [-0.05, 0) is 85.6 Å². The Morgan fingerprint density at radius 2 is 1.93 bits per heavy atom. The van der Waals surface area contributed by atoms with Crippen LogP contribution in [0.4, 0.5) is 5.69 Å². The lowest BCUT2D eigenvalue weighted by Gasteiger charge is -2.43. The van der Waals surface area contributed by atoms with Gasteiger partial charge >= 0.3 is 0 Å². The first-order chi connectivity index (χ1) is 14.2. The second-order valence-corrected chi connectivity index (χ2v) is 9.43. The number of carbonyl (C=O) groups is 1. The highest BCUT2D eigenvalue weighted by molar-refractivity contribution is 5.95. The van der Waals surface area contributed by atoms with Crippen LogP contribution in [0.3, 0.4) is 0 Å². The molecule has 5 rings (SSSR count). The number of amides is 1. The largest absolute Gasteiger partial charge is 0.378 e. The summed E-state index contributed by atoms with van der Waals surface area (Å²) in [5.74, 6) is 2.86. The van der Waals surface area contributed by atoms with Gasteiger partial charge in [-0.15, -0.1) is 0 Å². The zero-order chi connectivity index (χ0) is 20.0. The summed E-state index contributed by atoms with van der Waals surface area (Å²) >= 11 is 0. The van der Waals surface area contributed by atoms with E-state index in [1.54, 1.807) is 0 Å². The highest BCUT2D eigenvalue weighted by atomic mass is 16.1. The third-order valence-electron chi connectivity index (χ3n) is 7.61. The molecule has 1 amide bonds. The van der Waals surface area contributed by atoms with E-state index in [4.69, 9.17) is 0 Å². The maximum absolute atomic E-state index is 12.8. The molecule has 2 saturated carbocycles. The maximum Gasteiger partial charge on any atom is 0.251 e. The zero-order valence-electron chi connectivity index (χ0n) is 17.5. The molecule has 152 valence electrons. The molecular weight excluding hydrogens is 356 g/mol. The van der Waals surface area contributed by atoms with Gasteiger partial charge in [-0.2, -0.15) is 0 Å². The van der Waals surface area contributed by atoms with Crippen molar-refractivity contribution in [2.75, 3.05) is 5.32 Å². The van der Waals surface area contributed by atoms with Gasteiger partial charge in [0.25, 0.3) is 5.91 Å². The Kier molecular flexibility index (Phi) is 4.85. The van der Waals surface area contributed by atoms with E-state index in [0.717, 1.165) is 30.2 Å². The number of carbonyl (C=O) groups excluding carboxylic acids is 1. The normalized spacial score (nSPS) is 30.2. The summed E-state index contributed by atoms with van der Waals surface area (Å²) in [6.45, 7) is 4.25. The van der Waals surface area contributed by atoms with Crippen molar-refractivity contribution in [2.24, 2.45) is 17.8 Å². The number of nitrogens with one attached hydrogen (secondary N) is 2. The molecule has 2 aromatic rings. The summed E-state index contributed by atoms with van der Waals surface area (Å²) in [6.07, 6.45) is 6.16. The Balaban J connectivity index is 1.48. The van der Waals surface area contributed by atoms with Crippen molar-refractivity contribution in [2.45, 2.75) is 64.0 Å². The third-order valence-corrected chi connectivity index (χ3v) is 7.61. The van der Waals surface area contributed by atoms with Gasteiger partial charge in [0.2, 0.25) is 0 Å². The van der Waals surface area contributed by atoms with Crippen LogP contribution in [-0.2, 0) is 0 Å². The van der Waals surface area contributed by atoms with Crippen molar-refractivity contribution in [3.8, 4) is 0 Å². The smallest absolute Gasteiger partial charge is 0.251 e. The average molecular weight is 389 g/mol. The summed E-state index contributed by atoms with van der Waals surface area (Å²) in [7, 11) is 0. The summed E-state index contributed by atoms with van der Waals surface area (Å²) in [4.78, 5) is 12.8. The van der Waals surface area contributed by atoms with Gasteiger partial charge in [-0.1, -0.05) is 43.7 Å². The predicted octanol–water partition coefficient (Wildman–Crippen LogP) is 5.90. The first-order valence-electron chi connectivity index (χ1n) is 11.4. The van der Waals surface area contributed by atoms with Gasteiger partial charge in [-0.3, -0.25) is 4.79 Å². The summed E-state index contributed by atoms with van der Waals surface area (Å²) in [5.41, 5.74) is 4.82. The van der Waals surface area contributed by atoms with Crippen LogP contribution in [-0.4, -0.2) is 11.9 Å². The van der Waals surface area contributed by atoms with E-state index in [0.29, 0.717) is 17.9 Å². The summed E-state index contributed by atoms with van der Waals surface area (Å²) in [5, 5.41) is 7.04. The van der Waals surface area contributed by atoms with Crippen molar-refractivity contribution < 1.29 is 4.79 Å². The second kappa shape index (κ2) is 7.51. The Hall–Kier alpha value is -2.29. The van der Waals surface area contributed by atoms with E-state index in [2.05, 4.69) is 66.9 Å². The van der Waals surface area contributed by atoms with Crippen molar-refractivity contribution in [1.82, 2.24) is 5.32 Å². The molecule has 0 radical (unpaired) electrons. The number of rotatable bonds is 5. The number of fused-ring (bicyclic) bond motifs is 7. The van der Waals surface area contributed by atoms with Crippen LogP contribution < -0.4 is 10.6 Å². The monoisotopic (exact) mass is 388 g/mol. The maximum atomic E-state index is 12.8. The molecule has 0 aromatic heterocycles. The Morgan fingerprint density at radius 3 is 2.72 bits per heavy atom. The molecular formula is C26H32N2O. The van der Waals surface area contributed by atoms with Crippen molar-refractivity contribution in [1.29, 1.82) is 0 Å². The first-order valence-corrected chi connectivity index (χ1v) is 11.4. The molecule has 1 heterocycles. The van der Waals surface area contributed by atoms with Gasteiger partial charge in [0.1, 0.15) is 0 Å². The van der Waals surface area contributed by atoms with Crippen LogP contribution in [0, 0.1) is 17.8 Å². The quantitative estimate of drug-likeness (QED) is 0.669. The van der Waals surface area contributed by atoms with E-state index in [-0.39, 0.29) is 11.9 Å². The Bertz CT molecular complexity index is 893. The lowest BCUT2D eigenvalue weighted by atomic mass is 9.68. The summed E-state index contributed by atoms with van der Waals surface area (Å²) in [6, 6.07) is 17.9. The lowest BCUT2D eigenvalue weighted by molar-refractivity contribution is 0.0938. The third kappa shape index (κ3) is 3.25. The summed E-state index contributed by atoms with van der Waals surface area (Å²) < 4.78 is 0. The molecule has 2 aromatic carbocycles. The molecule has 2 N–H and O–H groups in total. The van der Waals surface area contributed by atoms with Gasteiger partial charge in [0.05, 0.1) is 6.04 Å². The van der Waals surface area contributed by atoms with Gasteiger partial charge in [0, 0.05) is 17.3 Å². The molecule has 2 aliphatic carbocycles. The average Bonchev–Trinajstić information content (AvgIpc) is 3.36. The van der Waals surface area contributed by atoms with Gasteiger partial charge in [0.15, 0.2) is 0 Å². The highest BCUT2D eigenvalue weighted by Gasteiger charge is 2.53. The molecule has 6 atom stereocenters. The number of benzene rings is 2. The molecule has 2 fully saturated rings. The van der Waals surface area contributed by atoms with Crippen LogP contribution in [0.5, 0.6) is 0 Å². The van der Waals surface area contributed by atoms with Gasteiger partial charge in [-0.25, -0.2) is 0 Å². The van der Waals surface area contributed by atoms with Gasteiger partial charge < -0.3 is 10.6 Å². The number of anilines is 1. The van der Waals surface area contributed by atoms with Crippen LogP contribution in [0.15, 0.2) is 48.5 Å². The lowest BCUT2D eigenvalue weighted by Crippen LogP contribution is -2.36. The molecule has 3 aliphatic rings. The molecule has 0 unspecified atom stereocenters. The van der Waals surface area contributed by atoms with Crippen molar-refractivity contribution in [3.63, 3.8) is 0 Å². The van der Waals surface area contributed by atoms with Crippen molar-refractivity contribution >= 4 is 11.6 Å². The zero-order valence-corrected chi connectivity index (χ0v) is 17.5. The molecule has 3 heteroatoms. The van der Waals surface area contributed by atoms with Crippen LogP contribution in [0.1, 0.15) is 79.4 Å². The number of hydrogen-bond acceptors (Lipinski definition) is 2. The minimum atomic E-state index is 0.0682. The van der Waals surface area contributed by atoms with E-state index in [1.807, 2.05) is 6.07 Å². The minimum absolute atomic E-state index is 0.0682. The fourth-order valence-corrected chi connectivity index (χ4v) is 6.43. The number of hydrogen-bond donors (Lipinski definition) is 2. The predicted molar refractivity (Wildman–Crippen MR) is 118 cm³/mol. The Labute approximate surface area is 174 Å². The minimum Gasteiger partial charge on any atom is -0.378 e. The molecule has 29 heavy (non-hydrogen) atoms. The van der Waals surface area contributed by atoms with Crippen LogP contribution >= 0.6 is 0 Å². The fraction of sp³-hybridized carbons (Fsp3) is 0.500. The standard InChI is InChI=1S/C26H32N2O/c1-3-7-16(2)27-26(29)20-12-13-22-21(15-20)23-18-10-11-19(14-18)24(23)25(28-22)17-8-5-4-6-9-17/h4-6,8-9,12-13,15-16,18-19,23-25,28H,3,7,10-11,14H2,1-2H3,(H,27,29)/t16-,18-,19-,23-,24+,25-/m0/s1. The van der Waals surface area contributed by atoms with E-state index >= 15 is 0 Å². The van der Waals surface area contributed by atoms with Crippen LogP contribution in [0.25, 0.3) is 0 Å². The second-order valence-electron chi connectivity index (χ2n) is 9.43. The SMILES string of the molecule is CCC[C@H](C)NC(=O)c1ccc2c(c1)[C@@H]1[C@H]3CC[C@@H](C3)[C@H]1[C@H](c1ccccc1)N2. The fourth-order valence-electron chi connectivity index (χ4n) is 6.43. The highest BCUT2D eigenvalue weighted by Crippen LogP contribution is 2.63. The molecule has 2 bridgehead atoms. The molecule has 1 aliphatic heterocycles. The molecule has 3 nitrogen and oxygen atoms in total. The van der Waals surface area contributed by atoms with E-state index in [1.165, 1.54) is 36.1 Å². The van der Waals surface area contributed by atoms with Crippen LogP contribution in [0.2, 0.25) is 0 Å².